The number of carbonyl (C=O) groups is 1. The maximum atomic E-state index is 12.7. The lowest BCUT2D eigenvalue weighted by Gasteiger charge is -2.51. The van der Waals surface area contributed by atoms with Crippen LogP contribution in [0.25, 0.3) is 0 Å². The number of carbonyl (C=O) groups excluding carboxylic acids is 1. The minimum Gasteiger partial charge on any atom is -0.341 e. The molecule has 0 spiro atoms. The van der Waals surface area contributed by atoms with Crippen LogP contribution in [0.5, 0.6) is 0 Å². The summed E-state index contributed by atoms with van der Waals surface area (Å²) in [5.74, 6) is 0.523. The molecule has 120 valence electrons. The number of alkyl halides is 2. The Morgan fingerprint density at radius 3 is 2.77 bits per heavy atom. The summed E-state index contributed by atoms with van der Waals surface area (Å²) in [6.45, 7) is 1.07. The van der Waals surface area contributed by atoms with E-state index >= 15 is 0 Å². The SMILES string of the molecule is O=C(CCCc1cccnc1)N1CC(CC(F)F)(C2CC2)C1. The average molecular weight is 308 g/mol. The molecule has 22 heavy (non-hydrogen) atoms. The van der Waals surface area contributed by atoms with Gasteiger partial charge in [0.1, 0.15) is 0 Å². The Morgan fingerprint density at radius 2 is 2.18 bits per heavy atom. The van der Waals surface area contributed by atoms with Gasteiger partial charge >= 0.3 is 0 Å². The summed E-state index contributed by atoms with van der Waals surface area (Å²) in [6, 6.07) is 3.89. The minimum absolute atomic E-state index is 0.0445. The van der Waals surface area contributed by atoms with Crippen LogP contribution in [-0.4, -0.2) is 35.3 Å². The van der Waals surface area contributed by atoms with Gasteiger partial charge in [0.25, 0.3) is 0 Å². The molecule has 1 saturated heterocycles. The summed E-state index contributed by atoms with van der Waals surface area (Å²) in [6.07, 6.45) is 5.45. The Labute approximate surface area is 129 Å². The molecular weight excluding hydrogens is 286 g/mol. The quantitative estimate of drug-likeness (QED) is 0.774. The molecular formula is C17H22F2N2O. The van der Waals surface area contributed by atoms with Crippen molar-refractivity contribution in [3.63, 3.8) is 0 Å². The molecule has 0 bridgehead atoms. The van der Waals surface area contributed by atoms with Crippen LogP contribution in [0.1, 0.15) is 37.7 Å². The van der Waals surface area contributed by atoms with Gasteiger partial charge in [-0.25, -0.2) is 8.78 Å². The lowest BCUT2D eigenvalue weighted by molar-refractivity contribution is -0.148. The lowest BCUT2D eigenvalue weighted by Crippen LogP contribution is -2.60. The van der Waals surface area contributed by atoms with Crippen LogP contribution < -0.4 is 0 Å². The highest BCUT2D eigenvalue weighted by Gasteiger charge is 2.54. The average Bonchev–Trinajstić information content (AvgIpc) is 3.28. The van der Waals surface area contributed by atoms with E-state index in [1.807, 2.05) is 18.3 Å². The zero-order valence-corrected chi connectivity index (χ0v) is 12.7. The van der Waals surface area contributed by atoms with Crippen LogP contribution in [0.4, 0.5) is 8.78 Å². The van der Waals surface area contributed by atoms with Gasteiger partial charge in [0, 0.05) is 43.7 Å². The number of pyridine rings is 1. The highest BCUT2D eigenvalue weighted by molar-refractivity contribution is 5.77. The molecule has 0 N–H and O–H groups in total. The molecule has 2 heterocycles. The van der Waals surface area contributed by atoms with Gasteiger partial charge in [-0.1, -0.05) is 6.07 Å². The van der Waals surface area contributed by atoms with Crippen LogP contribution in [-0.2, 0) is 11.2 Å². The number of halogens is 2. The molecule has 0 unspecified atom stereocenters. The smallest absolute Gasteiger partial charge is 0.239 e. The van der Waals surface area contributed by atoms with E-state index in [4.69, 9.17) is 0 Å². The molecule has 2 aliphatic rings. The Bertz CT molecular complexity index is 511. The Balaban J connectivity index is 1.43. The minimum atomic E-state index is -2.26. The first-order valence-corrected chi connectivity index (χ1v) is 8.04. The summed E-state index contributed by atoms with van der Waals surface area (Å²) in [4.78, 5) is 18.0. The number of likely N-dealkylation sites (tertiary alicyclic amines) is 1. The third-order valence-corrected chi connectivity index (χ3v) is 4.95. The predicted octanol–water partition coefficient (Wildman–Crippen LogP) is 3.30. The second-order valence-electron chi connectivity index (χ2n) is 6.70. The van der Waals surface area contributed by atoms with Crippen LogP contribution in [0.15, 0.2) is 24.5 Å². The summed E-state index contributed by atoms with van der Waals surface area (Å²) in [7, 11) is 0. The van der Waals surface area contributed by atoms with Crippen LogP contribution in [0.2, 0.25) is 0 Å². The van der Waals surface area contributed by atoms with E-state index in [1.54, 1.807) is 11.1 Å². The fraction of sp³-hybridized carbons (Fsp3) is 0.647. The Kier molecular flexibility index (Phi) is 4.41. The fourth-order valence-corrected chi connectivity index (χ4v) is 3.60. The zero-order chi connectivity index (χ0) is 15.6. The van der Waals surface area contributed by atoms with E-state index in [-0.39, 0.29) is 17.7 Å². The lowest BCUT2D eigenvalue weighted by atomic mass is 9.72. The van der Waals surface area contributed by atoms with Crippen molar-refractivity contribution in [2.45, 2.75) is 45.0 Å². The maximum Gasteiger partial charge on any atom is 0.239 e. The summed E-state index contributed by atoms with van der Waals surface area (Å²) >= 11 is 0. The second-order valence-corrected chi connectivity index (χ2v) is 6.70. The van der Waals surface area contributed by atoms with Crippen LogP contribution >= 0.6 is 0 Å². The van der Waals surface area contributed by atoms with Crippen molar-refractivity contribution >= 4 is 5.91 Å². The Morgan fingerprint density at radius 1 is 1.41 bits per heavy atom. The molecule has 1 amide bonds. The van der Waals surface area contributed by atoms with Crippen molar-refractivity contribution < 1.29 is 13.6 Å². The largest absolute Gasteiger partial charge is 0.341 e. The number of rotatable bonds is 7. The molecule has 1 aliphatic heterocycles. The molecule has 3 rings (SSSR count). The van der Waals surface area contributed by atoms with Gasteiger partial charge in [0.2, 0.25) is 12.3 Å². The molecule has 2 fully saturated rings. The van der Waals surface area contributed by atoms with E-state index in [2.05, 4.69) is 4.98 Å². The first kappa shape index (κ1) is 15.4. The standard InChI is InChI=1S/C17H22F2N2O/c18-15(19)9-17(14-6-7-14)11-21(12-17)16(22)5-1-3-13-4-2-8-20-10-13/h2,4,8,10,14-15H,1,3,5-7,9,11-12H2. The zero-order valence-electron chi connectivity index (χ0n) is 12.7. The molecule has 5 heteroatoms. The van der Waals surface area contributed by atoms with Gasteiger partial charge in [-0.05, 0) is 43.2 Å². The first-order chi connectivity index (χ1) is 10.6. The number of nitrogens with zero attached hydrogens (tertiary/aromatic N) is 2. The van der Waals surface area contributed by atoms with Gasteiger partial charge in [0.15, 0.2) is 0 Å². The normalized spacial score (nSPS) is 20.0. The van der Waals surface area contributed by atoms with Crippen molar-refractivity contribution in [3.05, 3.63) is 30.1 Å². The van der Waals surface area contributed by atoms with Crippen molar-refractivity contribution in [2.75, 3.05) is 13.1 Å². The van der Waals surface area contributed by atoms with Crippen molar-refractivity contribution in [3.8, 4) is 0 Å². The molecule has 1 aromatic rings. The predicted molar refractivity (Wildman–Crippen MR) is 79.5 cm³/mol. The van der Waals surface area contributed by atoms with E-state index in [9.17, 15) is 13.6 Å². The van der Waals surface area contributed by atoms with Crippen LogP contribution in [0.3, 0.4) is 0 Å². The van der Waals surface area contributed by atoms with Gasteiger partial charge in [-0.2, -0.15) is 0 Å². The van der Waals surface area contributed by atoms with Gasteiger partial charge in [0.05, 0.1) is 0 Å². The Hall–Kier alpha value is -1.52. The molecule has 0 radical (unpaired) electrons. The molecule has 1 aliphatic carbocycles. The molecule has 1 aromatic heterocycles. The van der Waals surface area contributed by atoms with Gasteiger partial charge in [-0.15, -0.1) is 0 Å². The molecule has 1 saturated carbocycles. The van der Waals surface area contributed by atoms with E-state index in [0.717, 1.165) is 31.2 Å². The monoisotopic (exact) mass is 308 g/mol. The summed E-state index contributed by atoms with van der Waals surface area (Å²) < 4.78 is 25.5. The van der Waals surface area contributed by atoms with Gasteiger partial charge < -0.3 is 4.90 Å². The summed E-state index contributed by atoms with van der Waals surface area (Å²) in [5.41, 5.74) is 0.844. The molecule has 3 nitrogen and oxygen atoms in total. The highest BCUT2D eigenvalue weighted by Crippen LogP contribution is 2.54. The van der Waals surface area contributed by atoms with E-state index in [0.29, 0.717) is 25.4 Å². The van der Waals surface area contributed by atoms with Crippen molar-refractivity contribution in [2.24, 2.45) is 11.3 Å². The number of aromatic nitrogens is 1. The highest BCUT2D eigenvalue weighted by atomic mass is 19.3. The maximum absolute atomic E-state index is 12.7. The topological polar surface area (TPSA) is 33.2 Å². The number of aryl methyl sites for hydroxylation is 1. The molecule has 0 aromatic carbocycles. The number of amides is 1. The third-order valence-electron chi connectivity index (χ3n) is 4.95. The fourth-order valence-electron chi connectivity index (χ4n) is 3.60. The molecule has 0 atom stereocenters. The van der Waals surface area contributed by atoms with Gasteiger partial charge in [-0.3, -0.25) is 9.78 Å². The summed E-state index contributed by atoms with van der Waals surface area (Å²) in [5, 5.41) is 0. The first-order valence-electron chi connectivity index (χ1n) is 8.04. The number of hydrogen-bond acceptors (Lipinski definition) is 2. The van der Waals surface area contributed by atoms with E-state index < -0.39 is 6.43 Å². The third kappa shape index (κ3) is 3.45. The van der Waals surface area contributed by atoms with Crippen molar-refractivity contribution in [1.29, 1.82) is 0 Å². The van der Waals surface area contributed by atoms with E-state index in [1.165, 1.54) is 0 Å². The van der Waals surface area contributed by atoms with Crippen molar-refractivity contribution in [1.82, 2.24) is 9.88 Å². The van der Waals surface area contributed by atoms with Crippen LogP contribution in [0, 0.1) is 11.3 Å². The second kappa shape index (κ2) is 6.31. The number of hydrogen-bond donors (Lipinski definition) is 0.